The quantitative estimate of drug-likeness (QED) is 0.556. The minimum atomic E-state index is -0.891. The smallest absolute Gasteiger partial charge is 0.305 e. The summed E-state index contributed by atoms with van der Waals surface area (Å²) in [6.07, 6.45) is 1.17. The van der Waals surface area contributed by atoms with Gasteiger partial charge >= 0.3 is 5.69 Å². The predicted octanol–water partition coefficient (Wildman–Crippen LogP) is 3.88. The molecular formula is C17H24FN3O4. The topological polar surface area (TPSA) is 109 Å². The first-order chi connectivity index (χ1) is 12.0. The molecule has 25 heavy (non-hydrogen) atoms. The molecule has 0 fully saturated rings. The van der Waals surface area contributed by atoms with E-state index in [2.05, 4.69) is 10.3 Å². The van der Waals surface area contributed by atoms with Crippen molar-refractivity contribution in [3.05, 3.63) is 57.7 Å². The zero-order chi connectivity index (χ0) is 19.4. The molecule has 2 aromatic rings. The van der Waals surface area contributed by atoms with Crippen molar-refractivity contribution in [1.82, 2.24) is 10.3 Å². The minimum Gasteiger partial charge on any atom is -0.506 e. The van der Waals surface area contributed by atoms with E-state index in [-0.39, 0.29) is 35.8 Å². The molecule has 0 radical (unpaired) electrons. The Balaban J connectivity index is 0.00000134. The fourth-order valence-electron chi connectivity index (χ4n) is 1.77. The van der Waals surface area contributed by atoms with E-state index in [1.807, 2.05) is 27.7 Å². The van der Waals surface area contributed by atoms with Gasteiger partial charge < -0.3 is 15.5 Å². The summed E-state index contributed by atoms with van der Waals surface area (Å²) in [6.45, 7) is 8.16. The van der Waals surface area contributed by atoms with Crippen LogP contribution in [0.3, 0.4) is 0 Å². The average molecular weight is 353 g/mol. The number of nitro groups is 1. The van der Waals surface area contributed by atoms with Crippen LogP contribution in [0.2, 0.25) is 0 Å². The number of benzene rings is 1. The monoisotopic (exact) mass is 353 g/mol. The van der Waals surface area contributed by atoms with Crippen LogP contribution in [0.25, 0.3) is 0 Å². The van der Waals surface area contributed by atoms with E-state index in [9.17, 15) is 19.6 Å². The number of rotatable bonds is 5. The number of pyridine rings is 1. The van der Waals surface area contributed by atoms with E-state index in [1.54, 1.807) is 0 Å². The van der Waals surface area contributed by atoms with Gasteiger partial charge in [-0.25, -0.2) is 0 Å². The number of aromatic nitrogens is 1. The van der Waals surface area contributed by atoms with Crippen LogP contribution >= 0.6 is 0 Å². The van der Waals surface area contributed by atoms with Crippen LogP contribution in [0.1, 0.15) is 39.0 Å². The van der Waals surface area contributed by atoms with Crippen LogP contribution in [-0.2, 0) is 13.1 Å². The van der Waals surface area contributed by atoms with Crippen molar-refractivity contribution in [3.63, 3.8) is 0 Å². The Hall–Kier alpha value is -2.74. The second-order valence-electron chi connectivity index (χ2n) is 4.27. The lowest BCUT2D eigenvalue weighted by Gasteiger charge is -2.07. The van der Waals surface area contributed by atoms with Crippen molar-refractivity contribution < 1.29 is 19.5 Å². The Kier molecular flexibility index (Phi) is 10.5. The standard InChI is InChI=1S/C13H12FN3O4.2C2H6/c14-13-8(2-1-3-11(13)17(20)21)5-15-7-10-12(19)4-9(18)6-16-10;2*1-2/h1-4,6,15,18-19H,5,7H2;2*1-2H3. The minimum absolute atomic E-state index is 0.0372. The maximum absolute atomic E-state index is 13.8. The molecule has 0 aliphatic carbocycles. The number of nitro benzene ring substituents is 1. The fraction of sp³-hybridized carbons (Fsp3) is 0.353. The highest BCUT2D eigenvalue weighted by molar-refractivity contribution is 5.37. The second-order valence-corrected chi connectivity index (χ2v) is 4.27. The summed E-state index contributed by atoms with van der Waals surface area (Å²) in [5.74, 6) is -1.25. The molecule has 138 valence electrons. The lowest BCUT2D eigenvalue weighted by Crippen LogP contribution is -2.15. The normalized spacial score (nSPS) is 9.32. The van der Waals surface area contributed by atoms with Gasteiger partial charge in [0.05, 0.1) is 16.8 Å². The summed E-state index contributed by atoms with van der Waals surface area (Å²) >= 11 is 0. The highest BCUT2D eigenvalue weighted by Gasteiger charge is 2.16. The summed E-state index contributed by atoms with van der Waals surface area (Å²) in [5, 5.41) is 32.1. The first-order valence-electron chi connectivity index (χ1n) is 7.98. The highest BCUT2D eigenvalue weighted by atomic mass is 19.1. The zero-order valence-electron chi connectivity index (χ0n) is 14.8. The van der Waals surface area contributed by atoms with E-state index in [4.69, 9.17) is 5.11 Å². The summed E-state index contributed by atoms with van der Waals surface area (Å²) in [6, 6.07) is 5.05. The molecular weight excluding hydrogens is 329 g/mol. The van der Waals surface area contributed by atoms with Gasteiger partial charge in [-0.1, -0.05) is 39.8 Å². The van der Waals surface area contributed by atoms with Crippen molar-refractivity contribution in [3.8, 4) is 11.5 Å². The summed E-state index contributed by atoms with van der Waals surface area (Å²) in [4.78, 5) is 13.7. The summed E-state index contributed by atoms with van der Waals surface area (Å²) in [5.41, 5.74) is -0.166. The van der Waals surface area contributed by atoms with E-state index in [0.29, 0.717) is 0 Å². The fourth-order valence-corrected chi connectivity index (χ4v) is 1.77. The van der Waals surface area contributed by atoms with Crippen molar-refractivity contribution >= 4 is 5.69 Å². The van der Waals surface area contributed by atoms with Crippen molar-refractivity contribution in [2.24, 2.45) is 0 Å². The molecule has 8 heteroatoms. The summed E-state index contributed by atoms with van der Waals surface area (Å²) in [7, 11) is 0. The molecule has 0 aliphatic heterocycles. The van der Waals surface area contributed by atoms with Crippen LogP contribution < -0.4 is 5.32 Å². The molecule has 1 aromatic carbocycles. The van der Waals surface area contributed by atoms with E-state index in [0.717, 1.165) is 12.1 Å². The highest BCUT2D eigenvalue weighted by Crippen LogP contribution is 2.21. The molecule has 0 spiro atoms. The molecule has 0 bridgehead atoms. The lowest BCUT2D eigenvalue weighted by molar-refractivity contribution is -0.387. The molecule has 0 unspecified atom stereocenters. The molecule has 2 rings (SSSR count). The third-order valence-electron chi connectivity index (χ3n) is 2.80. The van der Waals surface area contributed by atoms with Gasteiger partial charge in [0.25, 0.3) is 0 Å². The molecule has 0 aliphatic rings. The zero-order valence-corrected chi connectivity index (χ0v) is 14.8. The van der Waals surface area contributed by atoms with Gasteiger partial charge in [0.2, 0.25) is 5.82 Å². The molecule has 0 amide bonds. The number of hydrogen-bond donors (Lipinski definition) is 3. The third-order valence-corrected chi connectivity index (χ3v) is 2.80. The SMILES string of the molecule is CC.CC.O=[N+]([O-])c1cccc(CNCc2ncc(O)cc2O)c1F. The van der Waals surface area contributed by atoms with Crippen molar-refractivity contribution in [2.45, 2.75) is 40.8 Å². The van der Waals surface area contributed by atoms with Gasteiger partial charge in [0.15, 0.2) is 0 Å². The maximum atomic E-state index is 13.8. The number of nitrogens with one attached hydrogen (secondary N) is 1. The van der Waals surface area contributed by atoms with Crippen LogP contribution in [0.5, 0.6) is 11.5 Å². The Morgan fingerprint density at radius 3 is 2.40 bits per heavy atom. The number of halogens is 1. The maximum Gasteiger partial charge on any atom is 0.305 e. The predicted molar refractivity (Wildman–Crippen MR) is 93.9 cm³/mol. The van der Waals surface area contributed by atoms with E-state index >= 15 is 0 Å². The Morgan fingerprint density at radius 1 is 1.20 bits per heavy atom. The van der Waals surface area contributed by atoms with Gasteiger partial charge in [-0.2, -0.15) is 4.39 Å². The largest absolute Gasteiger partial charge is 0.506 e. The lowest BCUT2D eigenvalue weighted by atomic mass is 10.2. The van der Waals surface area contributed by atoms with E-state index in [1.165, 1.54) is 18.3 Å². The van der Waals surface area contributed by atoms with Gasteiger partial charge in [-0.15, -0.1) is 0 Å². The Labute approximate surface area is 146 Å². The molecule has 3 N–H and O–H groups in total. The molecule has 1 heterocycles. The molecule has 0 saturated heterocycles. The second kappa shape index (κ2) is 11.7. The van der Waals surface area contributed by atoms with Crippen LogP contribution in [0, 0.1) is 15.9 Å². The van der Waals surface area contributed by atoms with Crippen LogP contribution in [0.15, 0.2) is 30.5 Å². The molecule has 1 aromatic heterocycles. The van der Waals surface area contributed by atoms with Gasteiger partial charge in [-0.3, -0.25) is 15.1 Å². The average Bonchev–Trinajstić information content (AvgIpc) is 2.61. The first kappa shape index (κ1) is 22.3. The number of aromatic hydroxyl groups is 2. The molecule has 7 nitrogen and oxygen atoms in total. The Bertz CT molecular complexity index is 681. The number of nitrogens with zero attached hydrogens (tertiary/aromatic N) is 2. The van der Waals surface area contributed by atoms with Crippen molar-refractivity contribution in [2.75, 3.05) is 0 Å². The summed E-state index contributed by atoms with van der Waals surface area (Å²) < 4.78 is 13.8. The third kappa shape index (κ3) is 6.72. The number of hydrogen-bond acceptors (Lipinski definition) is 6. The molecule has 0 saturated carbocycles. The Morgan fingerprint density at radius 2 is 1.84 bits per heavy atom. The van der Waals surface area contributed by atoms with Gasteiger partial charge in [-0.05, 0) is 0 Å². The van der Waals surface area contributed by atoms with Crippen LogP contribution in [-0.4, -0.2) is 20.1 Å². The molecule has 0 atom stereocenters. The van der Waals surface area contributed by atoms with Crippen LogP contribution in [0.4, 0.5) is 10.1 Å². The first-order valence-corrected chi connectivity index (χ1v) is 7.98. The van der Waals surface area contributed by atoms with Crippen molar-refractivity contribution in [1.29, 1.82) is 0 Å². The van der Waals surface area contributed by atoms with Gasteiger partial charge in [0, 0.05) is 30.8 Å². The van der Waals surface area contributed by atoms with Gasteiger partial charge in [0.1, 0.15) is 11.5 Å². The van der Waals surface area contributed by atoms with E-state index < -0.39 is 16.4 Å².